The van der Waals surface area contributed by atoms with Gasteiger partial charge in [-0.05, 0) is 73.6 Å². The number of hydrogen-bond donors (Lipinski definition) is 2. The Labute approximate surface area is 237 Å². The van der Waals surface area contributed by atoms with Crippen molar-refractivity contribution in [2.75, 3.05) is 0 Å². The number of rotatable bonds is 11. The van der Waals surface area contributed by atoms with Gasteiger partial charge in [0.15, 0.2) is 0 Å². The van der Waals surface area contributed by atoms with Gasteiger partial charge in [0.25, 0.3) is 5.91 Å². The molecule has 3 aromatic rings. The van der Waals surface area contributed by atoms with Crippen molar-refractivity contribution >= 4 is 23.5 Å². The number of benzene rings is 3. The van der Waals surface area contributed by atoms with Crippen LogP contribution in [0.2, 0.25) is 5.02 Å². The third-order valence-corrected chi connectivity index (χ3v) is 6.66. The number of nitrogens with one attached hydrogen (secondary N) is 1. The van der Waals surface area contributed by atoms with E-state index in [0.717, 1.165) is 22.8 Å². The maximum Gasteiger partial charge on any atom is 0.417 e. The molecule has 3 rings (SSSR count). The van der Waals surface area contributed by atoms with Crippen LogP contribution in [0.15, 0.2) is 54.6 Å². The van der Waals surface area contributed by atoms with Crippen molar-refractivity contribution in [3.8, 4) is 5.75 Å². The van der Waals surface area contributed by atoms with Crippen LogP contribution >= 0.6 is 11.6 Å². The van der Waals surface area contributed by atoms with Crippen LogP contribution in [0.5, 0.6) is 5.75 Å². The molecule has 1 unspecified atom stereocenters. The van der Waals surface area contributed by atoms with Crippen molar-refractivity contribution in [3.63, 3.8) is 0 Å². The molecule has 0 fully saturated rings. The van der Waals surface area contributed by atoms with Gasteiger partial charge in [-0.2, -0.15) is 13.2 Å². The summed E-state index contributed by atoms with van der Waals surface area (Å²) in [6.45, 7) is 7.93. The first-order chi connectivity index (χ1) is 18.7. The fourth-order valence-corrected chi connectivity index (χ4v) is 4.78. The van der Waals surface area contributed by atoms with Crippen LogP contribution in [0.25, 0.3) is 0 Å². The first kappa shape index (κ1) is 31.0. The van der Waals surface area contributed by atoms with Gasteiger partial charge >= 0.3 is 12.1 Å². The number of amides is 1. The van der Waals surface area contributed by atoms with E-state index in [2.05, 4.69) is 25.2 Å². The monoisotopic (exact) mass is 575 g/mol. The Hall–Kier alpha value is -3.52. The highest BCUT2D eigenvalue weighted by atomic mass is 35.5. The predicted octanol–water partition coefficient (Wildman–Crippen LogP) is 8.09. The SMILES string of the molecule is Cc1cc(C)cc(C(CC(C)C)NC(=O)c2cc(OCc3ccc(Cl)c(C(F)(F)F)c3)ccc2CCC(=O)O)c1. The maximum absolute atomic E-state index is 13.6. The van der Waals surface area contributed by atoms with Crippen LogP contribution in [0.4, 0.5) is 13.2 Å². The van der Waals surface area contributed by atoms with Crippen LogP contribution in [0.1, 0.15) is 76.5 Å². The lowest BCUT2D eigenvalue weighted by Crippen LogP contribution is -2.30. The van der Waals surface area contributed by atoms with Crippen LogP contribution in [-0.2, 0) is 24.0 Å². The highest BCUT2D eigenvalue weighted by Gasteiger charge is 2.33. The summed E-state index contributed by atoms with van der Waals surface area (Å²) >= 11 is 5.71. The molecule has 5 nitrogen and oxygen atoms in total. The van der Waals surface area contributed by atoms with Gasteiger partial charge in [-0.25, -0.2) is 0 Å². The number of alkyl halides is 3. The minimum atomic E-state index is -4.60. The Morgan fingerprint density at radius 1 is 1.00 bits per heavy atom. The van der Waals surface area contributed by atoms with E-state index in [9.17, 15) is 27.9 Å². The number of ether oxygens (including phenoxy) is 1. The summed E-state index contributed by atoms with van der Waals surface area (Å²) in [4.78, 5) is 24.8. The van der Waals surface area contributed by atoms with Crippen molar-refractivity contribution < 1.29 is 32.6 Å². The van der Waals surface area contributed by atoms with Gasteiger partial charge in [-0.3, -0.25) is 9.59 Å². The van der Waals surface area contributed by atoms with Crippen LogP contribution in [-0.4, -0.2) is 17.0 Å². The quantitative estimate of drug-likeness (QED) is 0.242. The van der Waals surface area contributed by atoms with Crippen LogP contribution < -0.4 is 10.1 Å². The van der Waals surface area contributed by atoms with Gasteiger partial charge in [0.1, 0.15) is 12.4 Å². The van der Waals surface area contributed by atoms with E-state index in [1.165, 1.54) is 18.2 Å². The van der Waals surface area contributed by atoms with Crippen LogP contribution in [0, 0.1) is 19.8 Å². The minimum Gasteiger partial charge on any atom is -0.489 e. The Morgan fingerprint density at radius 3 is 2.27 bits per heavy atom. The van der Waals surface area contributed by atoms with E-state index in [1.54, 1.807) is 12.1 Å². The van der Waals surface area contributed by atoms with Gasteiger partial charge in [0.05, 0.1) is 16.6 Å². The second-order valence-corrected chi connectivity index (χ2v) is 10.8. The van der Waals surface area contributed by atoms with Gasteiger partial charge in [-0.1, -0.05) is 66.9 Å². The molecule has 3 aromatic carbocycles. The fraction of sp³-hybridized carbons (Fsp3) is 0.355. The van der Waals surface area contributed by atoms with Crippen molar-refractivity contribution in [2.24, 2.45) is 5.92 Å². The summed E-state index contributed by atoms with van der Waals surface area (Å²) in [6.07, 6.45) is -3.96. The summed E-state index contributed by atoms with van der Waals surface area (Å²) in [5.74, 6) is -0.836. The summed E-state index contributed by atoms with van der Waals surface area (Å²) in [7, 11) is 0. The first-order valence-corrected chi connectivity index (χ1v) is 13.3. The third-order valence-electron chi connectivity index (χ3n) is 6.33. The van der Waals surface area contributed by atoms with Gasteiger partial charge in [-0.15, -0.1) is 0 Å². The summed E-state index contributed by atoms with van der Waals surface area (Å²) < 4.78 is 45.5. The van der Waals surface area contributed by atoms with E-state index in [1.807, 2.05) is 26.0 Å². The standard InChI is InChI=1S/C31H33ClF3NO4/c1-18(2)11-28(23-13-19(3)12-20(4)14-23)36-30(39)25-16-24(8-6-22(25)7-10-29(37)38)40-17-21-5-9-27(32)26(15-21)31(33,34)35/h5-6,8-9,12-16,18,28H,7,10-11,17H2,1-4H3,(H,36,39)(H,37,38). The highest BCUT2D eigenvalue weighted by Crippen LogP contribution is 2.35. The van der Waals surface area contributed by atoms with E-state index in [4.69, 9.17) is 16.3 Å². The van der Waals surface area contributed by atoms with E-state index < -0.39 is 22.7 Å². The smallest absolute Gasteiger partial charge is 0.417 e. The largest absolute Gasteiger partial charge is 0.489 e. The Kier molecular flexibility index (Phi) is 10.3. The zero-order valence-corrected chi connectivity index (χ0v) is 23.6. The number of hydrogen-bond acceptors (Lipinski definition) is 3. The van der Waals surface area contributed by atoms with Crippen molar-refractivity contribution in [3.05, 3.63) is 98.6 Å². The molecule has 0 aliphatic rings. The average molecular weight is 576 g/mol. The Morgan fingerprint density at radius 2 is 1.68 bits per heavy atom. The molecule has 0 bridgehead atoms. The molecule has 2 N–H and O–H groups in total. The number of carboxylic acid groups (broad SMARTS) is 1. The normalized spacial score (nSPS) is 12.3. The van der Waals surface area contributed by atoms with Crippen LogP contribution in [0.3, 0.4) is 0 Å². The molecule has 0 radical (unpaired) electrons. The molecule has 9 heteroatoms. The second-order valence-electron chi connectivity index (χ2n) is 10.4. The molecule has 40 heavy (non-hydrogen) atoms. The zero-order valence-electron chi connectivity index (χ0n) is 22.9. The van der Waals surface area contributed by atoms with Crippen molar-refractivity contribution in [1.82, 2.24) is 5.32 Å². The van der Waals surface area contributed by atoms with Crippen molar-refractivity contribution in [1.29, 1.82) is 0 Å². The topological polar surface area (TPSA) is 75.6 Å². The number of aryl methyl sites for hydroxylation is 3. The molecular formula is C31H33ClF3NO4. The molecule has 0 spiro atoms. The summed E-state index contributed by atoms with van der Waals surface area (Å²) in [5, 5.41) is 11.9. The van der Waals surface area contributed by atoms with Crippen molar-refractivity contribution in [2.45, 2.75) is 65.8 Å². The average Bonchev–Trinajstić information content (AvgIpc) is 2.85. The summed E-state index contributed by atoms with van der Waals surface area (Å²) in [6, 6.07) is 14.1. The highest BCUT2D eigenvalue weighted by molar-refractivity contribution is 6.31. The van der Waals surface area contributed by atoms with Gasteiger partial charge in [0.2, 0.25) is 0 Å². The van der Waals surface area contributed by atoms with Gasteiger partial charge in [0, 0.05) is 12.0 Å². The molecule has 0 saturated heterocycles. The minimum absolute atomic E-state index is 0.128. The molecule has 214 valence electrons. The first-order valence-electron chi connectivity index (χ1n) is 12.9. The number of carboxylic acids is 1. The van der Waals surface area contributed by atoms with E-state index in [-0.39, 0.29) is 54.2 Å². The van der Waals surface area contributed by atoms with Gasteiger partial charge < -0.3 is 15.2 Å². The Balaban J connectivity index is 1.90. The molecule has 1 amide bonds. The molecular weight excluding hydrogens is 543 g/mol. The third kappa shape index (κ3) is 8.74. The Bertz CT molecular complexity index is 1350. The number of aliphatic carboxylic acids is 1. The number of carbonyl (C=O) groups is 2. The predicted molar refractivity (Wildman–Crippen MR) is 149 cm³/mol. The second kappa shape index (κ2) is 13.2. The molecule has 0 saturated carbocycles. The molecule has 0 aliphatic carbocycles. The lowest BCUT2D eigenvalue weighted by Gasteiger charge is -2.23. The zero-order chi connectivity index (χ0) is 29.6. The lowest BCUT2D eigenvalue weighted by molar-refractivity contribution is -0.138. The van der Waals surface area contributed by atoms with E-state index in [0.29, 0.717) is 12.0 Å². The molecule has 0 heterocycles. The lowest BCUT2D eigenvalue weighted by atomic mass is 9.93. The molecule has 0 aromatic heterocycles. The van der Waals surface area contributed by atoms with E-state index >= 15 is 0 Å². The number of carbonyl (C=O) groups excluding carboxylic acids is 1. The summed E-state index contributed by atoms with van der Waals surface area (Å²) in [5.41, 5.74) is 3.21. The number of halogens is 4. The maximum atomic E-state index is 13.6. The fourth-order valence-electron chi connectivity index (χ4n) is 4.56. The molecule has 0 aliphatic heterocycles. The molecule has 1 atom stereocenters.